The van der Waals surface area contributed by atoms with Crippen LogP contribution in [-0.4, -0.2) is 24.8 Å². The molecule has 0 bridgehead atoms. The molecule has 90 valence electrons. The number of aliphatic hydroxyl groups is 1. The maximum absolute atomic E-state index is 9.09. The predicted molar refractivity (Wildman–Crippen MR) is 68.9 cm³/mol. The van der Waals surface area contributed by atoms with Gasteiger partial charge in [0.2, 0.25) is 0 Å². The molecule has 2 nitrogen and oxygen atoms in total. The Morgan fingerprint density at radius 1 is 1.25 bits per heavy atom. The van der Waals surface area contributed by atoms with Crippen molar-refractivity contribution in [1.29, 1.82) is 0 Å². The van der Waals surface area contributed by atoms with E-state index in [0.717, 1.165) is 24.5 Å². The van der Waals surface area contributed by atoms with Gasteiger partial charge in [0.25, 0.3) is 0 Å². The van der Waals surface area contributed by atoms with Crippen molar-refractivity contribution >= 4 is 11.6 Å². The molecule has 0 radical (unpaired) electrons. The first-order chi connectivity index (χ1) is 7.53. The number of halogens is 1. The van der Waals surface area contributed by atoms with Gasteiger partial charge in [-0.1, -0.05) is 37.6 Å². The minimum absolute atomic E-state index is 0.0417. The second kappa shape index (κ2) is 6.24. The fraction of sp³-hybridized carbons (Fsp3) is 0.538. The summed E-state index contributed by atoms with van der Waals surface area (Å²) in [4.78, 5) is 0. The molecule has 0 saturated carbocycles. The Hall–Kier alpha value is -0.570. The van der Waals surface area contributed by atoms with Gasteiger partial charge in [-0.2, -0.15) is 0 Å². The summed E-state index contributed by atoms with van der Waals surface area (Å²) in [5.41, 5.74) is 1.23. The molecule has 0 spiro atoms. The van der Waals surface area contributed by atoms with E-state index in [1.165, 1.54) is 5.56 Å². The number of benzene rings is 1. The fourth-order valence-electron chi connectivity index (χ4n) is 1.37. The zero-order valence-electron chi connectivity index (χ0n) is 9.96. The van der Waals surface area contributed by atoms with Crippen molar-refractivity contribution in [3.05, 3.63) is 34.9 Å². The van der Waals surface area contributed by atoms with Crippen LogP contribution in [0.2, 0.25) is 5.02 Å². The van der Waals surface area contributed by atoms with Crippen LogP contribution in [0.4, 0.5) is 0 Å². The van der Waals surface area contributed by atoms with Gasteiger partial charge in [0.05, 0.1) is 0 Å². The Morgan fingerprint density at radius 2 is 1.88 bits per heavy atom. The average molecular weight is 242 g/mol. The number of hydrogen-bond acceptors (Lipinski definition) is 2. The molecule has 0 heterocycles. The Morgan fingerprint density at radius 3 is 2.44 bits per heavy atom. The molecule has 1 aromatic carbocycles. The maximum atomic E-state index is 9.09. The molecule has 0 unspecified atom stereocenters. The smallest absolute Gasteiger partial charge is 0.0494 e. The first kappa shape index (κ1) is 13.5. The quantitative estimate of drug-likeness (QED) is 0.750. The van der Waals surface area contributed by atoms with Gasteiger partial charge in [-0.05, 0) is 30.7 Å². The molecule has 0 atom stereocenters. The van der Waals surface area contributed by atoms with E-state index in [1.54, 1.807) is 0 Å². The normalized spacial score (nSPS) is 11.8. The minimum atomic E-state index is -0.0417. The lowest BCUT2D eigenvalue weighted by Gasteiger charge is -2.21. The highest BCUT2D eigenvalue weighted by molar-refractivity contribution is 6.30. The van der Waals surface area contributed by atoms with Crippen LogP contribution in [-0.2, 0) is 6.42 Å². The standard InChI is InChI=1S/C13H20ClNO/c1-13(2,10-16)9-15-8-7-11-3-5-12(14)6-4-11/h3-6,15-16H,7-10H2,1-2H3. The van der Waals surface area contributed by atoms with Crippen LogP contribution in [0.15, 0.2) is 24.3 Å². The van der Waals surface area contributed by atoms with Crippen LogP contribution in [0.25, 0.3) is 0 Å². The molecule has 2 N–H and O–H groups in total. The SMILES string of the molecule is CC(C)(CO)CNCCc1ccc(Cl)cc1. The van der Waals surface area contributed by atoms with Crippen molar-refractivity contribution in [3.63, 3.8) is 0 Å². The first-order valence-electron chi connectivity index (χ1n) is 5.59. The van der Waals surface area contributed by atoms with Crippen molar-refractivity contribution in [2.24, 2.45) is 5.41 Å². The summed E-state index contributed by atoms with van der Waals surface area (Å²) in [6.07, 6.45) is 0.985. The Bertz CT molecular complexity index is 308. The van der Waals surface area contributed by atoms with E-state index in [2.05, 4.69) is 5.32 Å². The van der Waals surface area contributed by atoms with Gasteiger partial charge >= 0.3 is 0 Å². The highest BCUT2D eigenvalue weighted by atomic mass is 35.5. The number of aliphatic hydroxyl groups excluding tert-OH is 1. The van der Waals surface area contributed by atoms with Crippen molar-refractivity contribution in [2.75, 3.05) is 19.7 Å². The molecule has 0 aromatic heterocycles. The predicted octanol–water partition coefficient (Wildman–Crippen LogP) is 2.49. The molecule has 16 heavy (non-hydrogen) atoms. The van der Waals surface area contributed by atoms with Crippen LogP contribution in [0.1, 0.15) is 19.4 Å². The summed E-state index contributed by atoms with van der Waals surface area (Å²) >= 11 is 5.81. The van der Waals surface area contributed by atoms with Gasteiger partial charge in [-0.25, -0.2) is 0 Å². The zero-order chi connectivity index (χ0) is 12.0. The molecule has 1 rings (SSSR count). The lowest BCUT2D eigenvalue weighted by Crippen LogP contribution is -2.33. The number of nitrogens with one attached hydrogen (secondary N) is 1. The highest BCUT2D eigenvalue weighted by Crippen LogP contribution is 2.12. The molecular formula is C13H20ClNO. The van der Waals surface area contributed by atoms with Crippen molar-refractivity contribution in [1.82, 2.24) is 5.32 Å². The van der Waals surface area contributed by atoms with Crippen molar-refractivity contribution in [2.45, 2.75) is 20.3 Å². The molecular weight excluding hydrogens is 222 g/mol. The molecule has 0 aliphatic heterocycles. The Kier molecular flexibility index (Phi) is 5.26. The second-order valence-electron chi connectivity index (χ2n) is 4.88. The van der Waals surface area contributed by atoms with E-state index in [4.69, 9.17) is 16.7 Å². The summed E-state index contributed by atoms with van der Waals surface area (Å²) < 4.78 is 0. The van der Waals surface area contributed by atoms with Gasteiger partial charge in [0, 0.05) is 23.6 Å². The van der Waals surface area contributed by atoms with Crippen LogP contribution in [0.5, 0.6) is 0 Å². The third-order valence-corrected chi connectivity index (χ3v) is 2.79. The average Bonchev–Trinajstić information content (AvgIpc) is 2.27. The Balaban J connectivity index is 2.23. The van der Waals surface area contributed by atoms with E-state index in [-0.39, 0.29) is 12.0 Å². The molecule has 0 aliphatic rings. The molecule has 0 amide bonds. The van der Waals surface area contributed by atoms with Crippen LogP contribution < -0.4 is 5.32 Å². The third kappa shape index (κ3) is 4.97. The zero-order valence-corrected chi connectivity index (χ0v) is 10.7. The van der Waals surface area contributed by atoms with Gasteiger partial charge < -0.3 is 10.4 Å². The summed E-state index contributed by atoms with van der Waals surface area (Å²) in [7, 11) is 0. The van der Waals surface area contributed by atoms with Crippen molar-refractivity contribution in [3.8, 4) is 0 Å². The summed E-state index contributed by atoms with van der Waals surface area (Å²) in [6, 6.07) is 7.91. The summed E-state index contributed by atoms with van der Waals surface area (Å²) in [6.45, 7) is 6.05. The molecule has 0 saturated heterocycles. The molecule has 0 aliphatic carbocycles. The third-order valence-electron chi connectivity index (χ3n) is 2.54. The largest absolute Gasteiger partial charge is 0.396 e. The second-order valence-corrected chi connectivity index (χ2v) is 5.31. The highest BCUT2D eigenvalue weighted by Gasteiger charge is 2.14. The van der Waals surface area contributed by atoms with E-state index in [9.17, 15) is 0 Å². The molecule has 0 fully saturated rings. The van der Waals surface area contributed by atoms with Crippen LogP contribution >= 0.6 is 11.6 Å². The van der Waals surface area contributed by atoms with E-state index < -0.39 is 0 Å². The molecule has 1 aromatic rings. The summed E-state index contributed by atoms with van der Waals surface area (Å²) in [5, 5.41) is 13.2. The van der Waals surface area contributed by atoms with Crippen LogP contribution in [0, 0.1) is 5.41 Å². The fourth-order valence-corrected chi connectivity index (χ4v) is 1.49. The van der Waals surface area contributed by atoms with Gasteiger partial charge in [0.15, 0.2) is 0 Å². The summed E-state index contributed by atoms with van der Waals surface area (Å²) in [5.74, 6) is 0. The van der Waals surface area contributed by atoms with E-state index >= 15 is 0 Å². The van der Waals surface area contributed by atoms with Crippen molar-refractivity contribution < 1.29 is 5.11 Å². The number of hydrogen-bond donors (Lipinski definition) is 2. The monoisotopic (exact) mass is 241 g/mol. The van der Waals surface area contributed by atoms with Crippen LogP contribution in [0.3, 0.4) is 0 Å². The van der Waals surface area contributed by atoms with Gasteiger partial charge in [-0.15, -0.1) is 0 Å². The molecule has 3 heteroatoms. The lowest BCUT2D eigenvalue weighted by atomic mass is 9.95. The maximum Gasteiger partial charge on any atom is 0.0494 e. The van der Waals surface area contributed by atoms with E-state index in [0.29, 0.717) is 0 Å². The van der Waals surface area contributed by atoms with E-state index in [1.807, 2.05) is 38.1 Å². The number of rotatable bonds is 6. The topological polar surface area (TPSA) is 32.3 Å². The lowest BCUT2D eigenvalue weighted by molar-refractivity contribution is 0.157. The minimum Gasteiger partial charge on any atom is -0.396 e. The first-order valence-corrected chi connectivity index (χ1v) is 5.97. The van der Waals surface area contributed by atoms with Gasteiger partial charge in [0.1, 0.15) is 0 Å². The Labute approximate surface area is 103 Å². The van der Waals surface area contributed by atoms with Gasteiger partial charge in [-0.3, -0.25) is 0 Å².